The van der Waals surface area contributed by atoms with Gasteiger partial charge in [-0.15, -0.1) is 0 Å². The van der Waals surface area contributed by atoms with Crippen molar-refractivity contribution in [3.63, 3.8) is 0 Å². The van der Waals surface area contributed by atoms with E-state index in [4.69, 9.17) is 14.2 Å². The van der Waals surface area contributed by atoms with Crippen LogP contribution in [0.4, 0.5) is 0 Å². The predicted octanol–water partition coefficient (Wildman–Crippen LogP) is 8.65. The maximum Gasteiger partial charge on any atom is 0.336 e. The van der Waals surface area contributed by atoms with Gasteiger partial charge in [-0.1, -0.05) is 83.9 Å². The Balaban J connectivity index is 2.86. The zero-order chi connectivity index (χ0) is 37.5. The Morgan fingerprint density at radius 3 is 1.64 bits per heavy atom. The Kier molecular flexibility index (Phi) is 22.2. The molecule has 4 unspecified atom stereocenters. The van der Waals surface area contributed by atoms with Crippen molar-refractivity contribution in [2.24, 2.45) is 11.3 Å². The van der Waals surface area contributed by atoms with Gasteiger partial charge in [-0.3, -0.25) is 19.2 Å². The standard InChI is InChI=1S/C40H64O10/c1-7-8-11-20-32(49-30(4)41)21-12-9-16-26-40(6,27-17-10-13-22-33(50-31(5)42)23-18-19-29(2)3)39(47)48-28-36(43)37(44)34-24-14-15-25-35(34)38(45)46/h14-15,24-25,29,32-33,36,43H,7-13,16-23,26-28H2,1-6H3,(H,45,46). The molecule has 50 heavy (non-hydrogen) atoms. The monoisotopic (exact) mass is 704 g/mol. The van der Waals surface area contributed by atoms with Crippen LogP contribution < -0.4 is 0 Å². The third kappa shape index (κ3) is 18.6. The molecule has 2 N–H and O–H groups in total. The lowest BCUT2D eigenvalue weighted by Crippen LogP contribution is -2.35. The zero-order valence-electron chi connectivity index (χ0n) is 31.5. The van der Waals surface area contributed by atoms with Crippen LogP contribution in [0.2, 0.25) is 0 Å². The average molecular weight is 705 g/mol. The molecule has 0 spiro atoms. The highest BCUT2D eigenvalue weighted by Gasteiger charge is 2.35. The molecule has 284 valence electrons. The van der Waals surface area contributed by atoms with E-state index in [0.717, 1.165) is 96.3 Å². The van der Waals surface area contributed by atoms with E-state index in [0.29, 0.717) is 18.8 Å². The molecule has 4 atom stereocenters. The van der Waals surface area contributed by atoms with Crippen LogP contribution in [-0.4, -0.2) is 64.8 Å². The van der Waals surface area contributed by atoms with Crippen molar-refractivity contribution in [2.45, 2.75) is 169 Å². The molecule has 0 heterocycles. The summed E-state index contributed by atoms with van der Waals surface area (Å²) in [7, 11) is 0. The number of aliphatic hydroxyl groups excluding tert-OH is 1. The Labute approximate surface area is 300 Å². The van der Waals surface area contributed by atoms with E-state index >= 15 is 0 Å². The molecule has 0 radical (unpaired) electrons. The first-order chi connectivity index (χ1) is 23.7. The first-order valence-corrected chi connectivity index (χ1v) is 18.8. The van der Waals surface area contributed by atoms with Gasteiger partial charge in [-0.05, 0) is 83.1 Å². The van der Waals surface area contributed by atoms with E-state index in [2.05, 4.69) is 20.8 Å². The van der Waals surface area contributed by atoms with Crippen molar-refractivity contribution in [3.8, 4) is 0 Å². The molecule has 1 aromatic rings. The Bertz CT molecular complexity index is 1180. The highest BCUT2D eigenvalue weighted by Crippen LogP contribution is 2.34. The molecule has 0 aliphatic carbocycles. The van der Waals surface area contributed by atoms with Crippen molar-refractivity contribution in [2.75, 3.05) is 6.61 Å². The van der Waals surface area contributed by atoms with E-state index in [9.17, 15) is 34.2 Å². The number of esters is 3. The van der Waals surface area contributed by atoms with Gasteiger partial charge in [-0.2, -0.15) is 0 Å². The lowest BCUT2D eigenvalue weighted by molar-refractivity contribution is -0.158. The number of aromatic carboxylic acids is 1. The second kappa shape index (κ2) is 24.8. The topological polar surface area (TPSA) is 154 Å². The Morgan fingerprint density at radius 2 is 1.18 bits per heavy atom. The maximum absolute atomic E-state index is 13.6. The number of aliphatic hydroxyl groups is 1. The van der Waals surface area contributed by atoms with E-state index in [1.165, 1.54) is 38.1 Å². The number of benzene rings is 1. The van der Waals surface area contributed by atoms with Crippen LogP contribution in [0.15, 0.2) is 24.3 Å². The third-order valence-corrected chi connectivity index (χ3v) is 9.20. The zero-order valence-corrected chi connectivity index (χ0v) is 31.5. The Hall–Kier alpha value is -3.27. The second-order valence-electron chi connectivity index (χ2n) is 14.4. The third-order valence-electron chi connectivity index (χ3n) is 9.20. The van der Waals surface area contributed by atoms with Crippen LogP contribution in [0.1, 0.15) is 171 Å². The number of hydrogen-bond acceptors (Lipinski definition) is 9. The van der Waals surface area contributed by atoms with E-state index < -0.39 is 35.8 Å². The molecule has 0 saturated carbocycles. The molecule has 0 amide bonds. The number of ketones is 1. The fraction of sp³-hybridized carbons (Fsp3) is 0.725. The summed E-state index contributed by atoms with van der Waals surface area (Å²) in [6.45, 7) is 10.6. The first-order valence-electron chi connectivity index (χ1n) is 18.8. The van der Waals surface area contributed by atoms with Crippen LogP contribution in [0.3, 0.4) is 0 Å². The number of carbonyl (C=O) groups is 5. The van der Waals surface area contributed by atoms with Crippen molar-refractivity contribution in [1.29, 1.82) is 0 Å². The minimum atomic E-state index is -1.71. The number of unbranched alkanes of at least 4 members (excludes halogenated alkanes) is 6. The highest BCUT2D eigenvalue weighted by molar-refractivity contribution is 6.07. The molecular formula is C40H64O10. The number of hydrogen-bond donors (Lipinski definition) is 2. The van der Waals surface area contributed by atoms with Crippen LogP contribution in [0.25, 0.3) is 0 Å². The van der Waals surface area contributed by atoms with Gasteiger partial charge in [0.1, 0.15) is 18.8 Å². The molecule has 0 aliphatic rings. The summed E-state index contributed by atoms with van der Waals surface area (Å²) in [5.41, 5.74) is -1.25. The fourth-order valence-corrected chi connectivity index (χ4v) is 6.30. The van der Waals surface area contributed by atoms with Crippen LogP contribution >= 0.6 is 0 Å². The van der Waals surface area contributed by atoms with E-state index in [1.54, 1.807) is 0 Å². The predicted molar refractivity (Wildman–Crippen MR) is 193 cm³/mol. The normalized spacial score (nSPS) is 14.3. The molecule has 10 nitrogen and oxygen atoms in total. The molecule has 0 aromatic heterocycles. The largest absolute Gasteiger partial charge is 0.478 e. The van der Waals surface area contributed by atoms with Crippen molar-refractivity contribution < 1.29 is 48.4 Å². The number of carboxylic acid groups (broad SMARTS) is 1. The average Bonchev–Trinajstić information content (AvgIpc) is 3.05. The van der Waals surface area contributed by atoms with E-state index in [1.807, 2.05) is 6.92 Å². The fourth-order valence-electron chi connectivity index (χ4n) is 6.30. The number of ether oxygens (including phenoxy) is 3. The van der Waals surface area contributed by atoms with Crippen LogP contribution in [0, 0.1) is 11.3 Å². The molecule has 10 heteroatoms. The molecule has 0 saturated heterocycles. The molecule has 1 aromatic carbocycles. The van der Waals surface area contributed by atoms with Gasteiger partial charge in [0, 0.05) is 19.4 Å². The van der Waals surface area contributed by atoms with E-state index in [-0.39, 0.29) is 35.3 Å². The molecule has 1 rings (SSSR count). The number of carbonyl (C=O) groups excluding carboxylic acids is 4. The molecular weight excluding hydrogens is 640 g/mol. The second-order valence-corrected chi connectivity index (χ2v) is 14.4. The van der Waals surface area contributed by atoms with Crippen LogP contribution in [0.5, 0.6) is 0 Å². The van der Waals surface area contributed by atoms with Crippen molar-refractivity contribution in [3.05, 3.63) is 35.4 Å². The van der Waals surface area contributed by atoms with Gasteiger partial charge in [0.15, 0.2) is 11.9 Å². The minimum Gasteiger partial charge on any atom is -0.478 e. The van der Waals surface area contributed by atoms with Crippen molar-refractivity contribution >= 4 is 29.7 Å². The molecule has 0 bridgehead atoms. The van der Waals surface area contributed by atoms with Crippen LogP contribution in [-0.2, 0) is 28.6 Å². The smallest absolute Gasteiger partial charge is 0.336 e. The van der Waals surface area contributed by atoms with Gasteiger partial charge < -0.3 is 24.4 Å². The van der Waals surface area contributed by atoms with Gasteiger partial charge in [0.2, 0.25) is 0 Å². The number of carboxylic acids is 1. The maximum atomic E-state index is 13.6. The summed E-state index contributed by atoms with van der Waals surface area (Å²) in [6, 6.07) is 5.61. The SMILES string of the molecule is CCCCCC(CCCCCC(C)(CCCCCC(CCCC(C)C)OC(C)=O)C(=O)OCC(O)C(=O)c1ccccc1C(=O)O)OC(C)=O. The summed E-state index contributed by atoms with van der Waals surface area (Å²) >= 11 is 0. The molecule has 0 aliphatic heterocycles. The summed E-state index contributed by atoms with van der Waals surface area (Å²) in [5.74, 6) is -2.59. The summed E-state index contributed by atoms with van der Waals surface area (Å²) in [5, 5.41) is 20.0. The summed E-state index contributed by atoms with van der Waals surface area (Å²) < 4.78 is 16.6. The Morgan fingerprint density at radius 1 is 0.700 bits per heavy atom. The van der Waals surface area contributed by atoms with Gasteiger partial charge >= 0.3 is 23.9 Å². The van der Waals surface area contributed by atoms with Gasteiger partial charge in [-0.25, -0.2) is 4.79 Å². The van der Waals surface area contributed by atoms with Gasteiger partial charge in [0.25, 0.3) is 0 Å². The summed E-state index contributed by atoms with van der Waals surface area (Å²) in [6.07, 6.45) is 12.4. The highest BCUT2D eigenvalue weighted by atomic mass is 16.6. The molecule has 0 fully saturated rings. The van der Waals surface area contributed by atoms with Crippen molar-refractivity contribution in [1.82, 2.24) is 0 Å². The number of rotatable bonds is 28. The quantitative estimate of drug-likeness (QED) is 0.0375. The first kappa shape index (κ1) is 44.8. The lowest BCUT2D eigenvalue weighted by Gasteiger charge is -2.28. The lowest BCUT2D eigenvalue weighted by atomic mass is 9.79. The minimum absolute atomic E-state index is 0.109. The number of Topliss-reactive ketones (excluding diaryl/α,β-unsaturated/α-hetero) is 1. The van der Waals surface area contributed by atoms with Gasteiger partial charge in [0.05, 0.1) is 11.0 Å². The summed E-state index contributed by atoms with van der Waals surface area (Å²) in [4.78, 5) is 61.3.